The number of carbonyl (C=O) groups excluding carboxylic acids is 2. The summed E-state index contributed by atoms with van der Waals surface area (Å²) < 4.78 is 5.34. The molecule has 0 bridgehead atoms. The number of methoxy groups -OCH3 is 1. The summed E-state index contributed by atoms with van der Waals surface area (Å²) in [5, 5.41) is 0. The zero-order valence-corrected chi connectivity index (χ0v) is 19.4. The van der Waals surface area contributed by atoms with E-state index in [9.17, 15) is 9.59 Å². The lowest BCUT2D eigenvalue weighted by Crippen LogP contribution is -2.42. The van der Waals surface area contributed by atoms with E-state index in [1.165, 1.54) is 0 Å². The van der Waals surface area contributed by atoms with Crippen LogP contribution in [0.1, 0.15) is 61.7 Å². The maximum atomic E-state index is 12.9. The number of hydrogen-bond acceptors (Lipinski definition) is 5. The highest BCUT2D eigenvalue weighted by molar-refractivity contribution is 5.95. The van der Waals surface area contributed by atoms with Gasteiger partial charge in [0.2, 0.25) is 11.8 Å². The molecule has 0 N–H and O–H groups in total. The third-order valence-corrected chi connectivity index (χ3v) is 6.42. The Morgan fingerprint density at radius 3 is 2.81 bits per heavy atom. The molecule has 1 aromatic heterocycles. The standard InChI is InChI=1S/C25H32N4O3/c1-16(2)25(31)28-12-6-8-19(15-28)23-26-17(3)21-10-11-22(30)29(24(21)27-23)14-18-7-5-9-20(13-18)32-4/h5,7,9,13,16,19H,6,8,10-12,14-15H2,1-4H3. The number of fused-ring (bicyclic) bond motifs is 1. The minimum absolute atomic E-state index is 0.0177. The molecule has 1 fully saturated rings. The summed E-state index contributed by atoms with van der Waals surface area (Å²) in [5.74, 6) is 2.56. The smallest absolute Gasteiger partial charge is 0.228 e. The van der Waals surface area contributed by atoms with Crippen LogP contribution in [0.3, 0.4) is 0 Å². The first-order valence-corrected chi connectivity index (χ1v) is 11.5. The summed E-state index contributed by atoms with van der Waals surface area (Å²) >= 11 is 0. The van der Waals surface area contributed by atoms with Crippen molar-refractivity contribution in [2.45, 2.75) is 58.9 Å². The Morgan fingerprint density at radius 2 is 2.06 bits per heavy atom. The number of ether oxygens (including phenoxy) is 1. The number of likely N-dealkylation sites (tertiary alicyclic amines) is 1. The fourth-order valence-electron chi connectivity index (χ4n) is 4.66. The summed E-state index contributed by atoms with van der Waals surface area (Å²) in [7, 11) is 1.64. The number of rotatable bonds is 5. The van der Waals surface area contributed by atoms with Crippen molar-refractivity contribution in [3.05, 3.63) is 46.9 Å². The summed E-state index contributed by atoms with van der Waals surface area (Å²) in [5.41, 5.74) is 2.97. The molecular formula is C25H32N4O3. The number of carbonyl (C=O) groups is 2. The molecule has 1 aromatic carbocycles. The van der Waals surface area contributed by atoms with Gasteiger partial charge in [0.1, 0.15) is 17.4 Å². The van der Waals surface area contributed by atoms with E-state index in [-0.39, 0.29) is 23.7 Å². The highest BCUT2D eigenvalue weighted by Crippen LogP contribution is 2.33. The van der Waals surface area contributed by atoms with Crippen molar-refractivity contribution in [3.8, 4) is 5.75 Å². The summed E-state index contributed by atoms with van der Waals surface area (Å²) in [4.78, 5) is 39.0. The Balaban J connectivity index is 1.65. The third-order valence-electron chi connectivity index (χ3n) is 6.42. The first-order valence-electron chi connectivity index (χ1n) is 11.5. The Hall–Kier alpha value is -2.96. The van der Waals surface area contributed by atoms with Crippen LogP contribution in [0.25, 0.3) is 0 Å². The van der Waals surface area contributed by atoms with Crippen LogP contribution in [0, 0.1) is 12.8 Å². The third kappa shape index (κ3) is 4.47. The van der Waals surface area contributed by atoms with Gasteiger partial charge in [-0.15, -0.1) is 0 Å². The molecule has 2 aliphatic heterocycles. The van der Waals surface area contributed by atoms with Crippen molar-refractivity contribution in [2.24, 2.45) is 5.92 Å². The fourth-order valence-corrected chi connectivity index (χ4v) is 4.66. The molecule has 1 atom stereocenters. The van der Waals surface area contributed by atoms with Crippen molar-refractivity contribution in [1.82, 2.24) is 14.9 Å². The van der Waals surface area contributed by atoms with Crippen LogP contribution in [0.4, 0.5) is 5.82 Å². The van der Waals surface area contributed by atoms with Crippen molar-refractivity contribution in [1.29, 1.82) is 0 Å². The van der Waals surface area contributed by atoms with Crippen molar-refractivity contribution in [2.75, 3.05) is 25.1 Å². The number of aryl methyl sites for hydroxylation is 1. The molecular weight excluding hydrogens is 404 g/mol. The predicted octanol–water partition coefficient (Wildman–Crippen LogP) is 3.64. The predicted molar refractivity (Wildman–Crippen MR) is 123 cm³/mol. The van der Waals surface area contributed by atoms with E-state index < -0.39 is 0 Å². The molecule has 1 saturated heterocycles. The van der Waals surface area contributed by atoms with E-state index >= 15 is 0 Å². The van der Waals surface area contributed by atoms with Crippen LogP contribution in [-0.2, 0) is 22.6 Å². The molecule has 0 radical (unpaired) electrons. The molecule has 170 valence electrons. The van der Waals surface area contributed by atoms with E-state index in [4.69, 9.17) is 14.7 Å². The van der Waals surface area contributed by atoms with Gasteiger partial charge in [0.15, 0.2) is 0 Å². The quantitative estimate of drug-likeness (QED) is 0.715. The second kappa shape index (κ2) is 9.27. The number of amides is 2. The molecule has 2 amide bonds. The first kappa shape index (κ1) is 22.2. The van der Waals surface area contributed by atoms with E-state index in [0.717, 1.165) is 53.6 Å². The minimum Gasteiger partial charge on any atom is -0.497 e. The number of nitrogens with zero attached hydrogens (tertiary/aromatic N) is 4. The topological polar surface area (TPSA) is 75.6 Å². The SMILES string of the molecule is COc1cccc(CN2C(=O)CCc3c(C)nc(C4CCCN(C(=O)C(C)C)C4)nc32)c1. The van der Waals surface area contributed by atoms with Gasteiger partial charge in [-0.2, -0.15) is 0 Å². The molecule has 32 heavy (non-hydrogen) atoms. The van der Waals surface area contributed by atoms with Crippen molar-refractivity contribution >= 4 is 17.6 Å². The van der Waals surface area contributed by atoms with E-state index in [1.54, 1.807) is 12.0 Å². The normalized spacial score (nSPS) is 18.7. The second-order valence-corrected chi connectivity index (χ2v) is 9.08. The van der Waals surface area contributed by atoms with Gasteiger partial charge in [-0.25, -0.2) is 9.97 Å². The van der Waals surface area contributed by atoms with E-state index in [0.29, 0.717) is 25.9 Å². The lowest BCUT2D eigenvalue weighted by Gasteiger charge is -2.34. The van der Waals surface area contributed by atoms with Crippen molar-refractivity contribution < 1.29 is 14.3 Å². The number of benzene rings is 1. The summed E-state index contributed by atoms with van der Waals surface area (Å²) in [6.07, 6.45) is 3.01. The molecule has 7 nitrogen and oxygen atoms in total. The monoisotopic (exact) mass is 436 g/mol. The van der Waals surface area contributed by atoms with Gasteiger partial charge in [0.25, 0.3) is 0 Å². The van der Waals surface area contributed by atoms with Gasteiger partial charge in [-0.05, 0) is 43.9 Å². The van der Waals surface area contributed by atoms with Gasteiger partial charge >= 0.3 is 0 Å². The summed E-state index contributed by atoms with van der Waals surface area (Å²) in [6.45, 7) is 7.75. The average molecular weight is 437 g/mol. The van der Waals surface area contributed by atoms with Crippen molar-refractivity contribution in [3.63, 3.8) is 0 Å². The Morgan fingerprint density at radius 1 is 1.25 bits per heavy atom. The zero-order valence-electron chi connectivity index (χ0n) is 19.4. The maximum Gasteiger partial charge on any atom is 0.228 e. The molecule has 3 heterocycles. The number of aromatic nitrogens is 2. The first-order chi connectivity index (χ1) is 15.4. The average Bonchev–Trinajstić information content (AvgIpc) is 2.80. The van der Waals surface area contributed by atoms with Gasteiger partial charge in [0, 0.05) is 42.6 Å². The highest BCUT2D eigenvalue weighted by atomic mass is 16.5. The number of anilines is 1. The minimum atomic E-state index is -0.0177. The summed E-state index contributed by atoms with van der Waals surface area (Å²) in [6, 6.07) is 7.78. The molecule has 4 rings (SSSR count). The highest BCUT2D eigenvalue weighted by Gasteiger charge is 2.32. The largest absolute Gasteiger partial charge is 0.497 e. The molecule has 1 unspecified atom stereocenters. The van der Waals surface area contributed by atoms with E-state index in [2.05, 4.69) is 0 Å². The molecule has 0 aliphatic carbocycles. The Labute approximate surface area is 189 Å². The maximum absolute atomic E-state index is 12.9. The van der Waals surface area contributed by atoms with Gasteiger partial charge < -0.3 is 9.64 Å². The van der Waals surface area contributed by atoms with Crippen LogP contribution >= 0.6 is 0 Å². The molecule has 2 aromatic rings. The zero-order chi connectivity index (χ0) is 22.8. The van der Waals surface area contributed by atoms with Crippen LogP contribution in [0.2, 0.25) is 0 Å². The molecule has 0 saturated carbocycles. The fraction of sp³-hybridized carbons (Fsp3) is 0.520. The van der Waals surface area contributed by atoms with Gasteiger partial charge in [-0.1, -0.05) is 26.0 Å². The Kier molecular flexibility index (Phi) is 6.44. The Bertz CT molecular complexity index is 1020. The van der Waals surface area contributed by atoms with E-state index in [1.807, 2.05) is 49.9 Å². The van der Waals surface area contributed by atoms with Gasteiger partial charge in [-0.3, -0.25) is 14.5 Å². The number of hydrogen-bond donors (Lipinski definition) is 0. The second-order valence-electron chi connectivity index (χ2n) is 9.08. The lowest BCUT2D eigenvalue weighted by molar-refractivity contribution is -0.135. The molecule has 0 spiro atoms. The van der Waals surface area contributed by atoms with Crippen LogP contribution in [0.15, 0.2) is 24.3 Å². The van der Waals surface area contributed by atoms with Crippen LogP contribution < -0.4 is 9.64 Å². The van der Waals surface area contributed by atoms with Gasteiger partial charge in [0.05, 0.1) is 13.7 Å². The van der Waals surface area contributed by atoms with Crippen LogP contribution in [0.5, 0.6) is 5.75 Å². The lowest BCUT2D eigenvalue weighted by atomic mass is 9.95. The number of piperidine rings is 1. The van der Waals surface area contributed by atoms with Crippen LogP contribution in [-0.4, -0.2) is 46.9 Å². The molecule has 7 heteroatoms. The molecule has 2 aliphatic rings.